The molecule has 0 spiro atoms. The standard InChI is InChI=1S/C14H22ClN3/c1-18(2)14(6-3-4-7-14)11-17-9-12-5-8-16-10-13(12)15/h5,8,10,17H,3-4,6-7,9,11H2,1-2H3. The number of nitrogens with one attached hydrogen (secondary N) is 1. The summed E-state index contributed by atoms with van der Waals surface area (Å²) in [5, 5.41) is 4.30. The van der Waals surface area contributed by atoms with Crippen LogP contribution in [0.15, 0.2) is 18.5 Å². The lowest BCUT2D eigenvalue weighted by Gasteiger charge is -2.36. The van der Waals surface area contributed by atoms with E-state index in [9.17, 15) is 0 Å². The van der Waals surface area contributed by atoms with Gasteiger partial charge in [-0.05, 0) is 38.6 Å². The van der Waals surface area contributed by atoms with Crippen molar-refractivity contribution in [3.63, 3.8) is 0 Å². The van der Waals surface area contributed by atoms with Gasteiger partial charge in [0.05, 0.1) is 5.02 Å². The normalized spacial score (nSPS) is 18.4. The third kappa shape index (κ3) is 3.02. The highest BCUT2D eigenvalue weighted by Crippen LogP contribution is 2.33. The maximum Gasteiger partial charge on any atom is 0.0634 e. The zero-order valence-corrected chi connectivity index (χ0v) is 12.0. The van der Waals surface area contributed by atoms with E-state index in [1.165, 1.54) is 25.7 Å². The molecule has 100 valence electrons. The van der Waals surface area contributed by atoms with Gasteiger partial charge in [0.15, 0.2) is 0 Å². The van der Waals surface area contributed by atoms with Crippen LogP contribution in [0.5, 0.6) is 0 Å². The van der Waals surface area contributed by atoms with Gasteiger partial charge in [0.25, 0.3) is 0 Å². The molecule has 1 aromatic heterocycles. The highest BCUT2D eigenvalue weighted by atomic mass is 35.5. The van der Waals surface area contributed by atoms with Gasteiger partial charge in [-0.1, -0.05) is 24.4 Å². The molecule has 1 heterocycles. The van der Waals surface area contributed by atoms with Crippen LogP contribution in [0.25, 0.3) is 0 Å². The molecule has 18 heavy (non-hydrogen) atoms. The Kier molecular flexibility index (Phi) is 4.60. The lowest BCUT2D eigenvalue weighted by atomic mass is 9.96. The summed E-state index contributed by atoms with van der Waals surface area (Å²) in [6.45, 7) is 1.84. The van der Waals surface area contributed by atoms with E-state index in [1.54, 1.807) is 12.4 Å². The van der Waals surface area contributed by atoms with Crippen LogP contribution < -0.4 is 5.32 Å². The first-order chi connectivity index (χ1) is 8.64. The molecule has 1 aromatic rings. The predicted molar refractivity (Wildman–Crippen MR) is 75.8 cm³/mol. The van der Waals surface area contributed by atoms with Gasteiger partial charge in [0.1, 0.15) is 0 Å². The maximum absolute atomic E-state index is 6.10. The third-order valence-corrected chi connectivity index (χ3v) is 4.45. The highest BCUT2D eigenvalue weighted by molar-refractivity contribution is 6.31. The average molecular weight is 268 g/mol. The molecule has 0 aliphatic heterocycles. The molecule has 0 aromatic carbocycles. The van der Waals surface area contributed by atoms with E-state index < -0.39 is 0 Å². The van der Waals surface area contributed by atoms with Crippen LogP contribution in [0.4, 0.5) is 0 Å². The maximum atomic E-state index is 6.10. The molecule has 1 aliphatic rings. The van der Waals surface area contributed by atoms with E-state index in [4.69, 9.17) is 11.6 Å². The summed E-state index contributed by atoms with van der Waals surface area (Å²) in [7, 11) is 4.37. The Morgan fingerprint density at radius 3 is 2.72 bits per heavy atom. The Morgan fingerprint density at radius 2 is 2.11 bits per heavy atom. The molecule has 0 atom stereocenters. The predicted octanol–water partition coefficient (Wildman–Crippen LogP) is 2.70. The van der Waals surface area contributed by atoms with Gasteiger partial charge in [-0.2, -0.15) is 0 Å². The molecular formula is C14H22ClN3. The van der Waals surface area contributed by atoms with E-state index in [0.29, 0.717) is 5.54 Å². The van der Waals surface area contributed by atoms with Gasteiger partial charge in [-0.25, -0.2) is 0 Å². The van der Waals surface area contributed by atoms with Crippen molar-refractivity contribution >= 4 is 11.6 Å². The van der Waals surface area contributed by atoms with Gasteiger partial charge in [-0.3, -0.25) is 4.98 Å². The molecule has 0 radical (unpaired) electrons. The SMILES string of the molecule is CN(C)C1(CNCc2ccncc2Cl)CCCC1. The van der Waals surface area contributed by atoms with E-state index in [1.807, 2.05) is 6.07 Å². The van der Waals surface area contributed by atoms with Gasteiger partial charge < -0.3 is 10.2 Å². The van der Waals surface area contributed by atoms with Crippen molar-refractivity contribution in [1.29, 1.82) is 0 Å². The number of pyridine rings is 1. The second-order valence-electron chi connectivity index (χ2n) is 5.40. The van der Waals surface area contributed by atoms with Crippen molar-refractivity contribution in [3.05, 3.63) is 29.0 Å². The first-order valence-corrected chi connectivity index (χ1v) is 6.98. The molecule has 0 unspecified atom stereocenters. The summed E-state index contributed by atoms with van der Waals surface area (Å²) >= 11 is 6.10. The van der Waals surface area contributed by atoms with Gasteiger partial charge in [0, 0.05) is 31.0 Å². The average Bonchev–Trinajstić information content (AvgIpc) is 2.82. The van der Waals surface area contributed by atoms with Crippen LogP contribution in [0.1, 0.15) is 31.2 Å². The van der Waals surface area contributed by atoms with Crippen molar-refractivity contribution in [1.82, 2.24) is 15.2 Å². The molecule has 1 saturated carbocycles. The van der Waals surface area contributed by atoms with Crippen LogP contribution >= 0.6 is 11.6 Å². The molecule has 1 N–H and O–H groups in total. The monoisotopic (exact) mass is 267 g/mol. The van der Waals surface area contributed by atoms with Gasteiger partial charge in [0.2, 0.25) is 0 Å². The minimum absolute atomic E-state index is 0.333. The quantitative estimate of drug-likeness (QED) is 0.889. The third-order valence-electron chi connectivity index (χ3n) is 4.11. The number of nitrogens with zero attached hydrogens (tertiary/aromatic N) is 2. The molecule has 0 amide bonds. The molecule has 2 rings (SSSR count). The van der Waals surface area contributed by atoms with Crippen molar-refractivity contribution in [2.75, 3.05) is 20.6 Å². The highest BCUT2D eigenvalue weighted by Gasteiger charge is 2.35. The zero-order chi connectivity index (χ0) is 13.0. The Morgan fingerprint density at radius 1 is 1.39 bits per heavy atom. The topological polar surface area (TPSA) is 28.2 Å². The minimum Gasteiger partial charge on any atom is -0.311 e. The Hall–Kier alpha value is -0.640. The van der Waals surface area contributed by atoms with Gasteiger partial charge >= 0.3 is 0 Å². The fourth-order valence-corrected chi connectivity index (χ4v) is 2.98. The minimum atomic E-state index is 0.333. The summed E-state index contributed by atoms with van der Waals surface area (Å²) < 4.78 is 0. The van der Waals surface area contributed by atoms with Crippen LogP contribution in [-0.2, 0) is 6.54 Å². The lowest BCUT2D eigenvalue weighted by molar-refractivity contribution is 0.153. The van der Waals surface area contributed by atoms with Crippen molar-refractivity contribution in [2.45, 2.75) is 37.8 Å². The molecule has 0 bridgehead atoms. The molecule has 1 fully saturated rings. The molecule has 0 saturated heterocycles. The first-order valence-electron chi connectivity index (χ1n) is 6.61. The van der Waals surface area contributed by atoms with Crippen molar-refractivity contribution in [2.24, 2.45) is 0 Å². The largest absolute Gasteiger partial charge is 0.311 e. The first kappa shape index (κ1) is 13.8. The van der Waals surface area contributed by atoms with Crippen LogP contribution in [0.3, 0.4) is 0 Å². The summed E-state index contributed by atoms with van der Waals surface area (Å²) in [6, 6.07) is 1.98. The molecule has 1 aliphatic carbocycles. The van der Waals surface area contributed by atoms with Crippen LogP contribution in [0, 0.1) is 0 Å². The molecular weight excluding hydrogens is 246 g/mol. The Bertz CT molecular complexity index is 386. The van der Waals surface area contributed by atoms with Gasteiger partial charge in [-0.15, -0.1) is 0 Å². The number of hydrogen-bond acceptors (Lipinski definition) is 3. The van der Waals surface area contributed by atoms with Crippen LogP contribution in [-0.4, -0.2) is 36.1 Å². The Balaban J connectivity index is 1.90. The van der Waals surface area contributed by atoms with E-state index >= 15 is 0 Å². The number of aromatic nitrogens is 1. The smallest absolute Gasteiger partial charge is 0.0634 e. The fourth-order valence-electron chi connectivity index (χ4n) is 2.79. The summed E-state index contributed by atoms with van der Waals surface area (Å²) in [4.78, 5) is 6.38. The van der Waals surface area contributed by atoms with Crippen molar-refractivity contribution in [3.8, 4) is 0 Å². The number of hydrogen-bond donors (Lipinski definition) is 1. The zero-order valence-electron chi connectivity index (χ0n) is 11.2. The summed E-state index contributed by atoms with van der Waals surface area (Å²) in [5.41, 5.74) is 1.46. The number of rotatable bonds is 5. The van der Waals surface area contributed by atoms with E-state index in [0.717, 1.165) is 23.7 Å². The van der Waals surface area contributed by atoms with E-state index in [-0.39, 0.29) is 0 Å². The number of halogens is 1. The molecule has 3 nitrogen and oxygen atoms in total. The van der Waals surface area contributed by atoms with Crippen LogP contribution in [0.2, 0.25) is 5.02 Å². The lowest BCUT2D eigenvalue weighted by Crippen LogP contribution is -2.49. The molecule has 4 heteroatoms. The van der Waals surface area contributed by atoms with Crippen molar-refractivity contribution < 1.29 is 0 Å². The Labute approximate surface area is 115 Å². The second kappa shape index (κ2) is 6.00. The fraction of sp³-hybridized carbons (Fsp3) is 0.643. The number of likely N-dealkylation sites (N-methyl/N-ethyl adjacent to an activating group) is 1. The van der Waals surface area contributed by atoms with E-state index in [2.05, 4.69) is 29.3 Å². The summed E-state index contributed by atoms with van der Waals surface area (Å²) in [5.74, 6) is 0. The second-order valence-corrected chi connectivity index (χ2v) is 5.80. The summed E-state index contributed by atoms with van der Waals surface area (Å²) in [6.07, 6.45) is 8.76.